The molecule has 10 rings (SSSR count). The lowest BCUT2D eigenvalue weighted by molar-refractivity contribution is 0.506. The fraction of sp³-hybridized carbons (Fsp3) is 0.0465. The third-order valence-corrected chi connectivity index (χ3v) is 9.68. The summed E-state index contributed by atoms with van der Waals surface area (Å²) in [5.74, 6) is 1.86. The summed E-state index contributed by atoms with van der Waals surface area (Å²) in [6.07, 6.45) is 3.98. The normalized spacial score (nSPS) is 17.6. The van der Waals surface area contributed by atoms with Crippen molar-refractivity contribution in [1.29, 1.82) is 0 Å². The number of para-hydroxylation sites is 1. The molecular weight excluding hydrogens is 589 g/mol. The fourth-order valence-electron chi connectivity index (χ4n) is 7.43. The molecule has 0 radical (unpaired) electrons. The van der Waals surface area contributed by atoms with E-state index in [2.05, 4.69) is 161 Å². The summed E-state index contributed by atoms with van der Waals surface area (Å²) in [6.45, 7) is 0. The van der Waals surface area contributed by atoms with Crippen molar-refractivity contribution < 1.29 is 4.74 Å². The molecule has 0 amide bonds. The Balaban J connectivity index is 1.15. The first-order chi connectivity index (χ1) is 23.8. The van der Waals surface area contributed by atoms with Crippen molar-refractivity contribution in [2.24, 2.45) is 4.99 Å². The van der Waals surface area contributed by atoms with Crippen LogP contribution in [0.3, 0.4) is 0 Å². The van der Waals surface area contributed by atoms with Crippen LogP contribution < -0.4 is 25.8 Å². The van der Waals surface area contributed by atoms with Gasteiger partial charge in [-0.05, 0) is 41.0 Å². The summed E-state index contributed by atoms with van der Waals surface area (Å²) in [5.41, 5.74) is 9.71. The van der Waals surface area contributed by atoms with E-state index in [0.717, 1.165) is 72.3 Å². The summed E-state index contributed by atoms with van der Waals surface area (Å²) in [6, 6.07) is 51.1. The van der Waals surface area contributed by atoms with Crippen LogP contribution in [-0.2, 0) is 0 Å². The van der Waals surface area contributed by atoms with Crippen LogP contribution in [0.25, 0.3) is 45.1 Å². The van der Waals surface area contributed by atoms with Gasteiger partial charge >= 0.3 is 0 Å². The standard InChI is InChI=1S/C43H30N4O/c1-3-12-27(13-4-1)36-25-37(28-14-5-2-6-15-28)46-43(45-36)29-17-11-18-31(24-29)47-38-21-10-9-20-33(38)34-22-23-35-39-41(48-42(35)40(34)47)32-19-8-7-16-30(32)26-44-39/h1-26,39,43-45H. The van der Waals surface area contributed by atoms with Crippen LogP contribution in [0.1, 0.15) is 34.5 Å². The smallest absolute Gasteiger partial charge is 0.157 e. The number of aromatic nitrogens is 1. The first-order valence-corrected chi connectivity index (χ1v) is 16.4. The van der Waals surface area contributed by atoms with E-state index >= 15 is 0 Å². The van der Waals surface area contributed by atoms with Crippen LogP contribution in [0.2, 0.25) is 0 Å². The number of nitrogens with one attached hydrogen (secondary N) is 2. The lowest BCUT2D eigenvalue weighted by Crippen LogP contribution is -2.37. The number of benzene rings is 6. The van der Waals surface area contributed by atoms with Crippen molar-refractivity contribution in [3.8, 4) is 11.4 Å². The topological polar surface area (TPSA) is 50.6 Å². The van der Waals surface area contributed by atoms with Gasteiger partial charge in [0.25, 0.3) is 0 Å². The Bertz CT molecular complexity index is 2600. The number of rotatable bonds is 4. The second kappa shape index (κ2) is 10.6. The van der Waals surface area contributed by atoms with Crippen LogP contribution in [0, 0.1) is 0 Å². The third-order valence-electron chi connectivity index (χ3n) is 9.68. The zero-order valence-corrected chi connectivity index (χ0v) is 26.0. The molecule has 0 aliphatic carbocycles. The first-order valence-electron chi connectivity index (χ1n) is 16.4. The van der Waals surface area contributed by atoms with E-state index < -0.39 is 0 Å². The minimum Gasteiger partial charge on any atom is -0.456 e. The first kappa shape index (κ1) is 26.8. The molecule has 2 N–H and O–H groups in total. The van der Waals surface area contributed by atoms with E-state index in [1.807, 2.05) is 12.1 Å². The lowest BCUT2D eigenvalue weighted by atomic mass is 10.0. The molecule has 48 heavy (non-hydrogen) atoms. The fourth-order valence-corrected chi connectivity index (χ4v) is 7.43. The highest BCUT2D eigenvalue weighted by atomic mass is 16.5. The number of hydrogen-bond donors (Lipinski definition) is 2. The molecule has 3 aliphatic rings. The minimum atomic E-state index is -0.273. The van der Waals surface area contributed by atoms with Crippen molar-refractivity contribution in [2.45, 2.75) is 12.2 Å². The second-order valence-corrected chi connectivity index (χ2v) is 12.5. The Morgan fingerprint density at radius 2 is 1.44 bits per heavy atom. The summed E-state index contributed by atoms with van der Waals surface area (Å²) in [5, 5.41) is 12.0. The number of nitrogens with zero attached hydrogens (tertiary/aromatic N) is 2. The van der Waals surface area contributed by atoms with E-state index in [1.54, 1.807) is 0 Å². The highest BCUT2D eigenvalue weighted by Gasteiger charge is 2.34. The monoisotopic (exact) mass is 618 g/mol. The Kier molecular flexibility index (Phi) is 5.93. The van der Waals surface area contributed by atoms with Gasteiger partial charge in [-0.2, -0.15) is 0 Å². The molecular formula is C43H30N4O. The molecule has 0 saturated heterocycles. The van der Waals surface area contributed by atoms with E-state index in [0.29, 0.717) is 0 Å². The zero-order chi connectivity index (χ0) is 31.6. The van der Waals surface area contributed by atoms with Gasteiger partial charge < -0.3 is 19.9 Å². The van der Waals surface area contributed by atoms with Gasteiger partial charge in [0.15, 0.2) is 5.75 Å². The van der Waals surface area contributed by atoms with Gasteiger partial charge in [0.05, 0.1) is 16.7 Å². The quantitative estimate of drug-likeness (QED) is 0.215. The maximum Gasteiger partial charge on any atom is 0.157 e. The highest BCUT2D eigenvalue weighted by Crippen LogP contribution is 2.48. The Morgan fingerprint density at radius 1 is 0.667 bits per heavy atom. The molecule has 3 aliphatic heterocycles. The molecule has 2 unspecified atom stereocenters. The van der Waals surface area contributed by atoms with Crippen molar-refractivity contribution >= 4 is 45.2 Å². The van der Waals surface area contributed by atoms with E-state index in [9.17, 15) is 0 Å². The Hall–Kier alpha value is -6.33. The van der Waals surface area contributed by atoms with Gasteiger partial charge in [-0.1, -0.05) is 127 Å². The van der Waals surface area contributed by atoms with E-state index in [1.165, 1.54) is 10.8 Å². The number of allylic oxidation sites excluding steroid dienone is 1. The Labute approximate surface area is 277 Å². The van der Waals surface area contributed by atoms with Gasteiger partial charge in [0, 0.05) is 44.4 Å². The molecule has 4 heterocycles. The number of fused-ring (bicyclic) bond motifs is 8. The molecule has 5 nitrogen and oxygen atoms in total. The van der Waals surface area contributed by atoms with Crippen LogP contribution in [0.15, 0.2) is 157 Å². The Morgan fingerprint density at radius 3 is 2.31 bits per heavy atom. The lowest BCUT2D eigenvalue weighted by Gasteiger charge is -2.25. The van der Waals surface area contributed by atoms with E-state index in [4.69, 9.17) is 9.73 Å². The third kappa shape index (κ3) is 4.14. The highest BCUT2D eigenvalue weighted by molar-refractivity contribution is 6.13. The maximum atomic E-state index is 6.89. The van der Waals surface area contributed by atoms with Crippen LogP contribution in [0.5, 0.6) is 5.75 Å². The molecule has 6 aromatic carbocycles. The molecule has 0 saturated carbocycles. The minimum absolute atomic E-state index is 0.0301. The van der Waals surface area contributed by atoms with E-state index in [-0.39, 0.29) is 12.2 Å². The molecule has 0 bridgehead atoms. The van der Waals surface area contributed by atoms with Gasteiger partial charge in [0.1, 0.15) is 18.0 Å². The average Bonchev–Trinajstić information content (AvgIpc) is 3.72. The second-order valence-electron chi connectivity index (χ2n) is 12.5. The molecule has 228 valence electrons. The summed E-state index contributed by atoms with van der Waals surface area (Å²) in [7, 11) is 0. The molecule has 0 spiro atoms. The molecule has 1 aromatic heterocycles. The van der Waals surface area contributed by atoms with Crippen molar-refractivity contribution in [2.75, 3.05) is 0 Å². The summed E-state index contributed by atoms with van der Waals surface area (Å²) >= 11 is 0. The van der Waals surface area contributed by atoms with Gasteiger partial charge in [0.2, 0.25) is 0 Å². The zero-order valence-electron chi connectivity index (χ0n) is 26.0. The molecule has 7 aromatic rings. The van der Waals surface area contributed by atoms with Crippen molar-refractivity contribution in [3.63, 3.8) is 0 Å². The van der Waals surface area contributed by atoms with Crippen LogP contribution in [-0.4, -0.2) is 10.3 Å². The predicted octanol–water partition coefficient (Wildman–Crippen LogP) is 7.50. The molecule has 2 atom stereocenters. The molecule has 5 heteroatoms. The van der Waals surface area contributed by atoms with Gasteiger partial charge in [-0.15, -0.1) is 0 Å². The largest absolute Gasteiger partial charge is 0.456 e. The van der Waals surface area contributed by atoms with Gasteiger partial charge in [-0.25, -0.2) is 0 Å². The maximum absolute atomic E-state index is 6.89. The summed E-state index contributed by atoms with van der Waals surface area (Å²) in [4.78, 5) is 5.25. The predicted molar refractivity (Wildman–Crippen MR) is 194 cm³/mol. The van der Waals surface area contributed by atoms with Crippen molar-refractivity contribution in [3.05, 3.63) is 184 Å². The summed E-state index contributed by atoms with van der Waals surface area (Å²) < 4.78 is 9.25. The average molecular weight is 619 g/mol. The number of aliphatic imine (C=N–C) groups is 1. The van der Waals surface area contributed by atoms with Crippen LogP contribution >= 0.6 is 0 Å². The number of ether oxygens (including phenoxy) is 1. The molecule has 0 fully saturated rings. The van der Waals surface area contributed by atoms with Crippen molar-refractivity contribution in [1.82, 2.24) is 15.2 Å². The van der Waals surface area contributed by atoms with Gasteiger partial charge in [-0.3, -0.25) is 4.99 Å². The SMILES string of the molecule is C1=C(c2ccccc2)NC(c2cccc(-n3c4ccccc4c4ccc5c(c43)OC3=c4ccccc4=CNC35)c2)N=C1c1ccccc1. The number of hydrogen-bond acceptors (Lipinski definition) is 4. The van der Waals surface area contributed by atoms with Crippen LogP contribution in [0.4, 0.5) is 0 Å².